The lowest BCUT2D eigenvalue weighted by Gasteiger charge is -2.26. The molecule has 0 unspecified atom stereocenters. The fourth-order valence-electron chi connectivity index (χ4n) is 2.26. The van der Waals surface area contributed by atoms with E-state index in [-0.39, 0.29) is 5.78 Å². The molecular formula is C13H20ClN3O. The van der Waals surface area contributed by atoms with Gasteiger partial charge in [0.2, 0.25) is 0 Å². The first-order valence-electron chi connectivity index (χ1n) is 6.62. The predicted molar refractivity (Wildman–Crippen MR) is 72.0 cm³/mol. The van der Waals surface area contributed by atoms with Crippen LogP contribution in [-0.2, 0) is 24.2 Å². The summed E-state index contributed by atoms with van der Waals surface area (Å²) >= 11 is 6.29. The first-order valence-corrected chi connectivity index (χ1v) is 6.99. The standard InChI is InChI=1S/C13H20ClN3O/c1-3-11-13(14)12(17(4-2)16-11)6-10(18)5-9-7-15-8-9/h9,15H,3-8H2,1-2H3. The maximum Gasteiger partial charge on any atom is 0.139 e. The second-order valence-electron chi connectivity index (χ2n) is 4.82. The van der Waals surface area contributed by atoms with Crippen LogP contribution in [0.15, 0.2) is 0 Å². The zero-order chi connectivity index (χ0) is 13.1. The van der Waals surface area contributed by atoms with Gasteiger partial charge in [0.1, 0.15) is 5.78 Å². The molecule has 0 spiro atoms. The number of hydrogen-bond acceptors (Lipinski definition) is 3. The summed E-state index contributed by atoms with van der Waals surface area (Å²) in [5.74, 6) is 0.778. The van der Waals surface area contributed by atoms with Gasteiger partial charge in [-0.2, -0.15) is 5.10 Å². The van der Waals surface area contributed by atoms with Gasteiger partial charge in [0.25, 0.3) is 0 Å². The summed E-state index contributed by atoms with van der Waals surface area (Å²) < 4.78 is 1.86. The quantitative estimate of drug-likeness (QED) is 0.857. The largest absolute Gasteiger partial charge is 0.316 e. The molecule has 0 atom stereocenters. The maximum absolute atomic E-state index is 12.0. The van der Waals surface area contributed by atoms with Gasteiger partial charge in [0.05, 0.1) is 16.4 Å². The molecule has 0 aromatic carbocycles. The van der Waals surface area contributed by atoms with Crippen molar-refractivity contribution in [2.75, 3.05) is 13.1 Å². The number of nitrogens with one attached hydrogen (secondary N) is 1. The molecule has 1 aliphatic heterocycles. The first-order chi connectivity index (χ1) is 8.65. The van der Waals surface area contributed by atoms with E-state index in [0.29, 0.717) is 23.8 Å². The van der Waals surface area contributed by atoms with Crippen molar-refractivity contribution in [1.82, 2.24) is 15.1 Å². The lowest BCUT2D eigenvalue weighted by molar-refractivity contribution is -0.119. The number of hydrogen-bond donors (Lipinski definition) is 1. The molecule has 2 rings (SSSR count). The van der Waals surface area contributed by atoms with Gasteiger partial charge < -0.3 is 5.32 Å². The Balaban J connectivity index is 2.06. The van der Waals surface area contributed by atoms with Crippen LogP contribution in [0.25, 0.3) is 0 Å². The van der Waals surface area contributed by atoms with E-state index < -0.39 is 0 Å². The van der Waals surface area contributed by atoms with Crippen LogP contribution in [0.5, 0.6) is 0 Å². The van der Waals surface area contributed by atoms with Crippen LogP contribution in [0, 0.1) is 5.92 Å². The fraction of sp³-hybridized carbons (Fsp3) is 0.692. The summed E-state index contributed by atoms with van der Waals surface area (Å²) in [5, 5.41) is 8.30. The second kappa shape index (κ2) is 5.85. The maximum atomic E-state index is 12.0. The molecular weight excluding hydrogens is 250 g/mol. The molecule has 0 amide bonds. The van der Waals surface area contributed by atoms with Gasteiger partial charge in [-0.3, -0.25) is 9.48 Å². The smallest absolute Gasteiger partial charge is 0.139 e. The van der Waals surface area contributed by atoms with Crippen molar-refractivity contribution in [1.29, 1.82) is 0 Å². The molecule has 5 heteroatoms. The Morgan fingerprint density at radius 2 is 2.22 bits per heavy atom. The lowest BCUT2D eigenvalue weighted by Crippen LogP contribution is -2.43. The van der Waals surface area contributed by atoms with Crippen molar-refractivity contribution in [3.63, 3.8) is 0 Å². The Hall–Kier alpha value is -0.870. The molecule has 0 saturated carbocycles. The normalized spacial score (nSPS) is 15.7. The fourth-order valence-corrected chi connectivity index (χ4v) is 2.60. The van der Waals surface area contributed by atoms with Crippen LogP contribution in [0.3, 0.4) is 0 Å². The zero-order valence-electron chi connectivity index (χ0n) is 11.0. The van der Waals surface area contributed by atoms with Gasteiger partial charge in [-0.25, -0.2) is 0 Å². The topological polar surface area (TPSA) is 46.9 Å². The van der Waals surface area contributed by atoms with E-state index in [0.717, 1.165) is 37.4 Å². The summed E-state index contributed by atoms with van der Waals surface area (Å²) in [6, 6.07) is 0. The number of Topliss-reactive ketones (excluding diaryl/α,β-unsaturated/α-hetero) is 1. The molecule has 1 aromatic heterocycles. The third-order valence-corrected chi connectivity index (χ3v) is 3.88. The van der Waals surface area contributed by atoms with Crippen LogP contribution in [0.1, 0.15) is 31.7 Å². The van der Waals surface area contributed by atoms with Crippen molar-refractivity contribution in [3.05, 3.63) is 16.4 Å². The Kier molecular flexibility index (Phi) is 4.40. The molecule has 1 aliphatic rings. The minimum Gasteiger partial charge on any atom is -0.316 e. The molecule has 0 bridgehead atoms. The van der Waals surface area contributed by atoms with Gasteiger partial charge in [-0.1, -0.05) is 18.5 Å². The highest BCUT2D eigenvalue weighted by Gasteiger charge is 2.22. The number of carbonyl (C=O) groups excluding carboxylic acids is 1. The van der Waals surface area contributed by atoms with E-state index in [1.54, 1.807) is 0 Å². The minimum absolute atomic E-state index is 0.264. The number of ketones is 1. The average molecular weight is 270 g/mol. The summed E-state index contributed by atoms with van der Waals surface area (Å²) in [6.45, 7) is 6.74. The molecule has 0 aliphatic carbocycles. The zero-order valence-corrected chi connectivity index (χ0v) is 11.8. The van der Waals surface area contributed by atoms with Gasteiger partial charge in [-0.05, 0) is 32.4 Å². The molecule has 1 aromatic rings. The molecule has 1 N–H and O–H groups in total. The van der Waals surface area contributed by atoms with Gasteiger partial charge >= 0.3 is 0 Å². The minimum atomic E-state index is 0.264. The highest BCUT2D eigenvalue weighted by Crippen LogP contribution is 2.23. The summed E-state index contributed by atoms with van der Waals surface area (Å²) in [5.41, 5.74) is 1.78. The molecule has 1 saturated heterocycles. The van der Waals surface area contributed by atoms with Crippen LogP contribution in [-0.4, -0.2) is 28.7 Å². The number of nitrogens with zero attached hydrogens (tertiary/aromatic N) is 2. The third-order valence-electron chi connectivity index (χ3n) is 3.44. The SMILES string of the molecule is CCc1nn(CC)c(CC(=O)CC2CNC2)c1Cl. The number of carbonyl (C=O) groups is 1. The molecule has 0 radical (unpaired) electrons. The van der Waals surface area contributed by atoms with Crippen molar-refractivity contribution in [2.24, 2.45) is 5.92 Å². The van der Waals surface area contributed by atoms with E-state index in [1.165, 1.54) is 0 Å². The van der Waals surface area contributed by atoms with Gasteiger partial charge in [-0.15, -0.1) is 0 Å². The summed E-state index contributed by atoms with van der Waals surface area (Å²) in [7, 11) is 0. The molecule has 4 nitrogen and oxygen atoms in total. The summed E-state index contributed by atoms with van der Waals surface area (Å²) in [4.78, 5) is 12.0. The highest BCUT2D eigenvalue weighted by molar-refractivity contribution is 6.32. The van der Waals surface area contributed by atoms with Gasteiger partial charge in [0.15, 0.2) is 0 Å². The highest BCUT2D eigenvalue weighted by atomic mass is 35.5. The van der Waals surface area contributed by atoms with Crippen molar-refractivity contribution < 1.29 is 4.79 Å². The Morgan fingerprint density at radius 1 is 1.50 bits per heavy atom. The van der Waals surface area contributed by atoms with Crippen LogP contribution in [0.4, 0.5) is 0 Å². The van der Waals surface area contributed by atoms with Crippen molar-refractivity contribution >= 4 is 17.4 Å². The molecule has 2 heterocycles. The van der Waals surface area contributed by atoms with E-state index in [2.05, 4.69) is 10.4 Å². The molecule has 1 fully saturated rings. The number of halogens is 1. The van der Waals surface area contributed by atoms with Crippen LogP contribution in [0.2, 0.25) is 5.02 Å². The third kappa shape index (κ3) is 2.75. The summed E-state index contributed by atoms with van der Waals surface area (Å²) in [6.07, 6.45) is 1.87. The predicted octanol–water partition coefficient (Wildman–Crippen LogP) is 1.84. The van der Waals surface area contributed by atoms with E-state index in [9.17, 15) is 4.79 Å². The number of aromatic nitrogens is 2. The van der Waals surface area contributed by atoms with Crippen LogP contribution >= 0.6 is 11.6 Å². The molecule has 18 heavy (non-hydrogen) atoms. The van der Waals surface area contributed by atoms with Crippen LogP contribution < -0.4 is 5.32 Å². The van der Waals surface area contributed by atoms with E-state index in [1.807, 2.05) is 18.5 Å². The van der Waals surface area contributed by atoms with E-state index in [4.69, 9.17) is 11.6 Å². The monoisotopic (exact) mass is 269 g/mol. The average Bonchev–Trinajstić information content (AvgIpc) is 2.61. The Bertz CT molecular complexity index is 438. The Labute approximate surface area is 113 Å². The van der Waals surface area contributed by atoms with E-state index >= 15 is 0 Å². The molecule has 100 valence electrons. The Morgan fingerprint density at radius 3 is 2.72 bits per heavy atom. The number of rotatable bonds is 6. The van der Waals surface area contributed by atoms with Gasteiger partial charge in [0, 0.05) is 19.4 Å². The van der Waals surface area contributed by atoms with Crippen molar-refractivity contribution in [3.8, 4) is 0 Å². The lowest BCUT2D eigenvalue weighted by atomic mass is 9.95. The second-order valence-corrected chi connectivity index (χ2v) is 5.20. The number of aryl methyl sites for hydroxylation is 2. The first kappa shape index (κ1) is 13.6. The van der Waals surface area contributed by atoms with Crippen molar-refractivity contribution in [2.45, 2.75) is 39.7 Å².